The predicted molar refractivity (Wildman–Crippen MR) is 106 cm³/mol. The normalized spacial score (nSPS) is 12.6. The van der Waals surface area contributed by atoms with Crippen LogP contribution in [0.1, 0.15) is 33.2 Å². The van der Waals surface area contributed by atoms with E-state index in [0.29, 0.717) is 16.0 Å². The van der Waals surface area contributed by atoms with Crippen molar-refractivity contribution in [2.45, 2.75) is 18.2 Å². The van der Waals surface area contributed by atoms with E-state index in [1.807, 2.05) is 0 Å². The zero-order valence-electron chi connectivity index (χ0n) is 15.6. The third-order valence-corrected chi connectivity index (χ3v) is 5.57. The summed E-state index contributed by atoms with van der Waals surface area (Å²) in [6.45, 7) is 1.08. The molecule has 0 aliphatic carbocycles. The van der Waals surface area contributed by atoms with Gasteiger partial charge in [0.1, 0.15) is 5.78 Å². The van der Waals surface area contributed by atoms with E-state index in [0.717, 1.165) is 11.3 Å². The van der Waals surface area contributed by atoms with Gasteiger partial charge in [-0.25, -0.2) is 4.79 Å². The fourth-order valence-electron chi connectivity index (χ4n) is 2.88. The number of nitrogens with zero attached hydrogens (tertiary/aromatic N) is 1. The molecule has 0 radical (unpaired) electrons. The van der Waals surface area contributed by atoms with Gasteiger partial charge in [-0.15, -0.1) is 11.8 Å². The highest BCUT2D eigenvalue weighted by Crippen LogP contribution is 2.28. The second-order valence-electron chi connectivity index (χ2n) is 6.46. The fourth-order valence-corrected chi connectivity index (χ4v) is 3.72. The Kier molecular flexibility index (Phi) is 5.94. The first-order valence-corrected chi connectivity index (χ1v) is 9.66. The maximum atomic E-state index is 12.4. The fraction of sp³-hybridized carbons (Fsp3) is 0.238. The van der Waals surface area contributed by atoms with Gasteiger partial charge in [-0.1, -0.05) is 12.1 Å². The second kappa shape index (κ2) is 8.39. The van der Waals surface area contributed by atoms with Crippen LogP contribution in [0.25, 0.3) is 0 Å². The number of hydrogen-bond acceptors (Lipinski definition) is 6. The van der Waals surface area contributed by atoms with Crippen molar-refractivity contribution in [3.8, 4) is 0 Å². The molecule has 1 aliphatic rings. The van der Waals surface area contributed by atoms with Crippen LogP contribution in [0, 0.1) is 0 Å². The zero-order valence-corrected chi connectivity index (χ0v) is 16.4. The lowest BCUT2D eigenvalue weighted by atomic mass is 10.1. The molecule has 2 aromatic rings. The van der Waals surface area contributed by atoms with E-state index in [9.17, 15) is 19.2 Å². The van der Waals surface area contributed by atoms with E-state index in [4.69, 9.17) is 4.74 Å². The predicted octanol–water partition coefficient (Wildman–Crippen LogP) is 2.93. The lowest BCUT2D eigenvalue weighted by molar-refractivity contribution is -0.117. The molecule has 3 rings (SSSR count). The first kappa shape index (κ1) is 19.8. The Balaban J connectivity index is 1.66. The molecule has 0 fully saturated rings. The number of thioether (sulfide) groups is 1. The summed E-state index contributed by atoms with van der Waals surface area (Å²) in [6, 6.07) is 11.8. The standard InChI is InChI=1S/C21H19NO5S/c1-13(23)12-28-19-6-4-3-5-16(19)21(26)27-11-18(24)14-7-8-17-15(9-14)10-20(25)22(17)2/h3-9H,10-12H2,1-2H3. The number of benzene rings is 2. The van der Waals surface area contributed by atoms with Gasteiger partial charge in [0.05, 0.1) is 17.7 Å². The summed E-state index contributed by atoms with van der Waals surface area (Å²) in [7, 11) is 1.69. The quantitative estimate of drug-likeness (QED) is 0.406. The number of Topliss-reactive ketones (excluding diaryl/α,β-unsaturated/α-hetero) is 2. The SMILES string of the molecule is CC(=O)CSc1ccccc1C(=O)OCC(=O)c1ccc2c(c1)CC(=O)N2C. The number of fused-ring (bicyclic) bond motifs is 1. The molecule has 2 aromatic carbocycles. The number of ketones is 2. The smallest absolute Gasteiger partial charge is 0.339 e. The average molecular weight is 397 g/mol. The van der Waals surface area contributed by atoms with Gasteiger partial charge >= 0.3 is 5.97 Å². The minimum absolute atomic E-state index is 0.00378. The van der Waals surface area contributed by atoms with Crippen LogP contribution in [0.5, 0.6) is 0 Å². The van der Waals surface area contributed by atoms with Gasteiger partial charge in [-0.2, -0.15) is 0 Å². The third-order valence-electron chi connectivity index (χ3n) is 4.35. The summed E-state index contributed by atoms with van der Waals surface area (Å²) in [6.07, 6.45) is 0.257. The summed E-state index contributed by atoms with van der Waals surface area (Å²) in [4.78, 5) is 49.9. The molecule has 0 unspecified atom stereocenters. The molecular weight excluding hydrogens is 378 g/mol. The number of anilines is 1. The molecule has 7 heteroatoms. The molecular formula is C21H19NO5S. The first-order valence-electron chi connectivity index (χ1n) is 8.68. The molecule has 6 nitrogen and oxygen atoms in total. The summed E-state index contributed by atoms with van der Waals surface area (Å²) >= 11 is 1.26. The third kappa shape index (κ3) is 4.31. The number of hydrogen-bond donors (Lipinski definition) is 0. The van der Waals surface area contributed by atoms with E-state index < -0.39 is 12.6 Å². The van der Waals surface area contributed by atoms with Crippen molar-refractivity contribution < 1.29 is 23.9 Å². The zero-order chi connectivity index (χ0) is 20.3. The molecule has 0 spiro atoms. The van der Waals surface area contributed by atoms with Crippen molar-refractivity contribution in [1.29, 1.82) is 0 Å². The number of ether oxygens (including phenoxy) is 1. The first-order chi connectivity index (χ1) is 13.4. The van der Waals surface area contributed by atoms with Crippen LogP contribution in [-0.2, 0) is 20.7 Å². The van der Waals surface area contributed by atoms with E-state index >= 15 is 0 Å². The van der Waals surface area contributed by atoms with Crippen molar-refractivity contribution in [2.75, 3.05) is 24.3 Å². The van der Waals surface area contributed by atoms with Crippen LogP contribution in [0.3, 0.4) is 0 Å². The Hall–Kier alpha value is -2.93. The maximum absolute atomic E-state index is 12.4. The molecule has 0 saturated heterocycles. The number of carbonyl (C=O) groups excluding carboxylic acids is 4. The molecule has 1 amide bonds. The van der Waals surface area contributed by atoms with Crippen LogP contribution in [0.2, 0.25) is 0 Å². The molecule has 1 aliphatic heterocycles. The Labute approximate surface area is 166 Å². The highest BCUT2D eigenvalue weighted by molar-refractivity contribution is 8.00. The van der Waals surface area contributed by atoms with Gasteiger partial charge < -0.3 is 9.64 Å². The van der Waals surface area contributed by atoms with Crippen molar-refractivity contribution in [2.24, 2.45) is 0 Å². The summed E-state index contributed by atoms with van der Waals surface area (Å²) in [5.74, 6) is -0.719. The van der Waals surface area contributed by atoms with Crippen LogP contribution in [0.15, 0.2) is 47.4 Å². The van der Waals surface area contributed by atoms with Crippen LogP contribution >= 0.6 is 11.8 Å². The number of esters is 1. The topological polar surface area (TPSA) is 80.8 Å². The van der Waals surface area contributed by atoms with Crippen molar-refractivity contribution in [1.82, 2.24) is 0 Å². The Bertz CT molecular complexity index is 969. The summed E-state index contributed by atoms with van der Waals surface area (Å²) in [5, 5.41) is 0. The van der Waals surface area contributed by atoms with Gasteiger partial charge in [0.2, 0.25) is 5.91 Å². The monoisotopic (exact) mass is 397 g/mol. The molecule has 0 N–H and O–H groups in total. The Morgan fingerprint density at radius 2 is 1.89 bits per heavy atom. The number of carbonyl (C=O) groups is 4. The second-order valence-corrected chi connectivity index (χ2v) is 7.48. The van der Waals surface area contributed by atoms with E-state index in [2.05, 4.69) is 0 Å². The Morgan fingerprint density at radius 3 is 2.64 bits per heavy atom. The summed E-state index contributed by atoms with van der Waals surface area (Å²) < 4.78 is 5.19. The van der Waals surface area contributed by atoms with Crippen LogP contribution in [-0.4, -0.2) is 42.9 Å². The largest absolute Gasteiger partial charge is 0.454 e. The number of rotatable bonds is 7. The molecule has 0 bridgehead atoms. The van der Waals surface area contributed by atoms with Gasteiger partial charge in [-0.3, -0.25) is 14.4 Å². The van der Waals surface area contributed by atoms with Gasteiger partial charge in [-0.05, 0) is 42.8 Å². The van der Waals surface area contributed by atoms with E-state index in [1.165, 1.54) is 18.7 Å². The van der Waals surface area contributed by atoms with Crippen molar-refractivity contribution >= 4 is 40.9 Å². The highest BCUT2D eigenvalue weighted by atomic mass is 32.2. The molecule has 144 valence electrons. The minimum Gasteiger partial charge on any atom is -0.454 e. The van der Waals surface area contributed by atoms with Gasteiger partial charge in [0, 0.05) is 23.2 Å². The average Bonchev–Trinajstić information content (AvgIpc) is 2.97. The lowest BCUT2D eigenvalue weighted by Gasteiger charge is -2.11. The highest BCUT2D eigenvalue weighted by Gasteiger charge is 2.25. The summed E-state index contributed by atoms with van der Waals surface area (Å²) in [5.41, 5.74) is 2.29. The molecule has 0 atom stereocenters. The Morgan fingerprint density at radius 1 is 1.14 bits per heavy atom. The maximum Gasteiger partial charge on any atom is 0.339 e. The molecule has 28 heavy (non-hydrogen) atoms. The minimum atomic E-state index is -0.615. The molecule has 0 saturated carbocycles. The van der Waals surface area contributed by atoms with E-state index in [-0.39, 0.29) is 29.6 Å². The van der Waals surface area contributed by atoms with Crippen molar-refractivity contribution in [3.05, 3.63) is 59.2 Å². The molecule has 0 aromatic heterocycles. The van der Waals surface area contributed by atoms with E-state index in [1.54, 1.807) is 54.4 Å². The molecule has 1 heterocycles. The van der Waals surface area contributed by atoms with Crippen molar-refractivity contribution in [3.63, 3.8) is 0 Å². The van der Waals surface area contributed by atoms with Crippen LogP contribution < -0.4 is 4.90 Å². The van der Waals surface area contributed by atoms with Crippen LogP contribution in [0.4, 0.5) is 5.69 Å². The van der Waals surface area contributed by atoms with Gasteiger partial charge in [0.15, 0.2) is 12.4 Å². The number of likely N-dealkylation sites (N-methyl/N-ethyl adjacent to an activating group) is 1. The lowest BCUT2D eigenvalue weighted by Crippen LogP contribution is -2.20. The number of amides is 1. The van der Waals surface area contributed by atoms with Gasteiger partial charge in [0.25, 0.3) is 0 Å².